The number of hydrogen-bond acceptors (Lipinski definition) is 4. The maximum atomic E-state index is 6.38. The first-order chi connectivity index (χ1) is 12.3. The molecule has 2 aliphatic heterocycles. The highest BCUT2D eigenvalue weighted by Gasteiger charge is 2.42. The molecular weight excluding hydrogens is 312 g/mol. The zero-order chi connectivity index (χ0) is 16.7. The minimum Gasteiger partial charge on any atom is -0.368 e. The molecule has 2 aromatic heterocycles. The number of fused-ring (bicyclic) bond motifs is 4. The first-order valence-electron chi connectivity index (χ1n) is 9.04. The van der Waals surface area contributed by atoms with Gasteiger partial charge < -0.3 is 9.72 Å². The first kappa shape index (κ1) is 15.0. The van der Waals surface area contributed by atoms with Crippen LogP contribution in [-0.4, -0.2) is 39.5 Å². The fourth-order valence-corrected chi connectivity index (χ4v) is 4.41. The number of hydrogen-bond donors (Lipinski definition) is 1. The monoisotopic (exact) mass is 334 g/mol. The molecule has 2 aliphatic rings. The number of likely N-dealkylation sites (tertiary alicyclic amines) is 1. The van der Waals surface area contributed by atoms with Crippen LogP contribution in [0.1, 0.15) is 29.7 Å². The quantitative estimate of drug-likeness (QED) is 0.783. The van der Waals surface area contributed by atoms with Gasteiger partial charge in [0.15, 0.2) is 0 Å². The largest absolute Gasteiger partial charge is 0.368 e. The third kappa shape index (κ3) is 2.55. The van der Waals surface area contributed by atoms with Crippen LogP contribution in [-0.2, 0) is 23.3 Å². The molecule has 0 unspecified atom stereocenters. The highest BCUT2D eigenvalue weighted by Crippen LogP contribution is 2.43. The van der Waals surface area contributed by atoms with Gasteiger partial charge in [0, 0.05) is 48.5 Å². The summed E-state index contributed by atoms with van der Waals surface area (Å²) in [6, 6.07) is 8.63. The number of rotatable bonds is 2. The average molecular weight is 334 g/mol. The molecule has 1 saturated heterocycles. The van der Waals surface area contributed by atoms with Crippen molar-refractivity contribution in [2.45, 2.75) is 31.4 Å². The van der Waals surface area contributed by atoms with Gasteiger partial charge in [0.05, 0.1) is 12.3 Å². The molecule has 3 aromatic rings. The van der Waals surface area contributed by atoms with Crippen molar-refractivity contribution in [2.24, 2.45) is 0 Å². The van der Waals surface area contributed by atoms with Gasteiger partial charge in [0.25, 0.3) is 0 Å². The van der Waals surface area contributed by atoms with Gasteiger partial charge in [0.1, 0.15) is 11.9 Å². The Morgan fingerprint density at radius 3 is 2.76 bits per heavy atom. The van der Waals surface area contributed by atoms with Crippen molar-refractivity contribution in [2.75, 3.05) is 19.7 Å². The van der Waals surface area contributed by atoms with Gasteiger partial charge in [-0.1, -0.05) is 18.2 Å². The molecule has 1 spiro atoms. The summed E-state index contributed by atoms with van der Waals surface area (Å²) in [6.07, 6.45) is 8.46. The smallest absolute Gasteiger partial charge is 0.115 e. The molecule has 5 nitrogen and oxygen atoms in total. The van der Waals surface area contributed by atoms with Crippen LogP contribution in [0.3, 0.4) is 0 Å². The molecule has 25 heavy (non-hydrogen) atoms. The third-order valence-corrected chi connectivity index (χ3v) is 5.68. The van der Waals surface area contributed by atoms with Crippen LogP contribution in [0.25, 0.3) is 10.9 Å². The number of nitrogens with one attached hydrogen (secondary N) is 1. The summed E-state index contributed by atoms with van der Waals surface area (Å²) in [5, 5.41) is 1.36. The van der Waals surface area contributed by atoms with Crippen molar-refractivity contribution in [3.8, 4) is 0 Å². The van der Waals surface area contributed by atoms with Crippen molar-refractivity contribution >= 4 is 10.9 Å². The Morgan fingerprint density at radius 2 is 1.92 bits per heavy atom. The van der Waals surface area contributed by atoms with Crippen LogP contribution in [0.5, 0.6) is 0 Å². The normalized spacial score (nSPS) is 20.0. The number of para-hydroxylation sites is 1. The van der Waals surface area contributed by atoms with Crippen LogP contribution < -0.4 is 0 Å². The lowest BCUT2D eigenvalue weighted by Gasteiger charge is -2.43. The van der Waals surface area contributed by atoms with E-state index in [9.17, 15) is 0 Å². The topological polar surface area (TPSA) is 54.0 Å². The molecule has 1 N–H and O–H groups in total. The number of H-pyrrole nitrogens is 1. The Kier molecular flexibility index (Phi) is 3.57. The Balaban J connectivity index is 1.40. The van der Waals surface area contributed by atoms with Crippen molar-refractivity contribution in [3.63, 3.8) is 0 Å². The summed E-state index contributed by atoms with van der Waals surface area (Å²) in [6.45, 7) is 3.80. The van der Waals surface area contributed by atoms with Crippen molar-refractivity contribution in [3.05, 3.63) is 59.8 Å². The van der Waals surface area contributed by atoms with E-state index in [1.54, 1.807) is 6.33 Å². The zero-order valence-corrected chi connectivity index (χ0v) is 14.2. The molecule has 1 aromatic carbocycles. The average Bonchev–Trinajstić information content (AvgIpc) is 3.05. The van der Waals surface area contributed by atoms with E-state index < -0.39 is 0 Å². The minimum atomic E-state index is -0.143. The van der Waals surface area contributed by atoms with Gasteiger partial charge in [-0.05, 0) is 30.9 Å². The number of aromatic nitrogens is 3. The molecule has 0 saturated carbocycles. The Morgan fingerprint density at radius 1 is 1.12 bits per heavy atom. The molecule has 128 valence electrons. The van der Waals surface area contributed by atoms with Crippen LogP contribution in [0.4, 0.5) is 0 Å². The summed E-state index contributed by atoms with van der Waals surface area (Å²) in [7, 11) is 0. The Bertz CT molecular complexity index is 881. The lowest BCUT2D eigenvalue weighted by Crippen LogP contribution is -2.46. The highest BCUT2D eigenvalue weighted by molar-refractivity contribution is 5.85. The van der Waals surface area contributed by atoms with Crippen molar-refractivity contribution in [1.82, 2.24) is 19.9 Å². The summed E-state index contributed by atoms with van der Waals surface area (Å²) in [5.41, 5.74) is 5.06. The van der Waals surface area contributed by atoms with E-state index in [4.69, 9.17) is 4.74 Å². The van der Waals surface area contributed by atoms with Gasteiger partial charge in [-0.2, -0.15) is 0 Å². The lowest BCUT2D eigenvalue weighted by atomic mass is 9.83. The molecule has 0 amide bonds. The number of benzene rings is 1. The predicted molar refractivity (Wildman–Crippen MR) is 96.2 cm³/mol. The number of aromatic amines is 1. The van der Waals surface area contributed by atoms with Crippen LogP contribution in [0.15, 0.2) is 43.0 Å². The molecular formula is C20H22N4O. The number of piperidine rings is 1. The second kappa shape index (κ2) is 5.93. The second-order valence-electron chi connectivity index (χ2n) is 7.14. The highest BCUT2D eigenvalue weighted by atomic mass is 16.5. The zero-order valence-electron chi connectivity index (χ0n) is 14.2. The van der Waals surface area contributed by atoms with E-state index in [1.165, 1.54) is 27.7 Å². The summed E-state index contributed by atoms with van der Waals surface area (Å²) in [5.74, 6) is 0. The maximum absolute atomic E-state index is 6.38. The molecule has 0 bridgehead atoms. The predicted octanol–water partition coefficient (Wildman–Crippen LogP) is 3.02. The first-order valence-corrected chi connectivity index (χ1v) is 9.04. The van der Waals surface area contributed by atoms with Gasteiger partial charge in [0.2, 0.25) is 0 Å². The van der Waals surface area contributed by atoms with E-state index in [1.807, 2.05) is 12.4 Å². The van der Waals surface area contributed by atoms with E-state index in [0.29, 0.717) is 0 Å². The van der Waals surface area contributed by atoms with Crippen LogP contribution in [0.2, 0.25) is 0 Å². The van der Waals surface area contributed by atoms with Crippen molar-refractivity contribution < 1.29 is 4.74 Å². The number of ether oxygens (including phenoxy) is 1. The third-order valence-electron chi connectivity index (χ3n) is 5.68. The van der Waals surface area contributed by atoms with E-state index >= 15 is 0 Å². The SMILES string of the molecule is c1ccc2c3c([nH]c2c1)C1(CCN(Cc2cncnc2)CC1)OCC3. The molecule has 1 fully saturated rings. The fraction of sp³-hybridized carbons (Fsp3) is 0.400. The Labute approximate surface area is 147 Å². The van der Waals surface area contributed by atoms with Gasteiger partial charge in [-0.25, -0.2) is 9.97 Å². The van der Waals surface area contributed by atoms with E-state index in [2.05, 4.69) is 44.1 Å². The number of nitrogens with zero attached hydrogens (tertiary/aromatic N) is 3. The lowest BCUT2D eigenvalue weighted by molar-refractivity contribution is -0.101. The Hall–Kier alpha value is -2.24. The summed E-state index contributed by atoms with van der Waals surface area (Å²) in [4.78, 5) is 14.4. The minimum absolute atomic E-state index is 0.143. The maximum Gasteiger partial charge on any atom is 0.115 e. The summed E-state index contributed by atoms with van der Waals surface area (Å²) < 4.78 is 6.38. The molecule has 5 rings (SSSR count). The van der Waals surface area contributed by atoms with Gasteiger partial charge in [-0.3, -0.25) is 4.90 Å². The van der Waals surface area contributed by atoms with E-state index in [-0.39, 0.29) is 5.60 Å². The van der Waals surface area contributed by atoms with Gasteiger partial charge >= 0.3 is 0 Å². The van der Waals surface area contributed by atoms with Crippen LogP contribution in [0, 0.1) is 0 Å². The molecule has 0 aliphatic carbocycles. The van der Waals surface area contributed by atoms with E-state index in [0.717, 1.165) is 45.5 Å². The molecule has 5 heteroatoms. The van der Waals surface area contributed by atoms with Crippen molar-refractivity contribution in [1.29, 1.82) is 0 Å². The molecule has 4 heterocycles. The standard InChI is InChI=1S/C20H22N4O/c1-2-4-18-16(3-1)17-5-10-25-20(19(17)23-18)6-8-24(9-7-20)13-15-11-21-14-22-12-15/h1-4,11-12,14,23H,5-10,13H2. The van der Waals surface area contributed by atoms with Crippen LogP contribution >= 0.6 is 0 Å². The molecule has 0 radical (unpaired) electrons. The summed E-state index contributed by atoms with van der Waals surface area (Å²) >= 11 is 0. The van der Waals surface area contributed by atoms with Gasteiger partial charge in [-0.15, -0.1) is 0 Å². The second-order valence-corrected chi connectivity index (χ2v) is 7.14. The fourth-order valence-electron chi connectivity index (χ4n) is 4.41. The molecule has 0 atom stereocenters.